The van der Waals surface area contributed by atoms with Crippen molar-refractivity contribution in [1.29, 1.82) is 0 Å². The minimum Gasteiger partial charge on any atom is -0.494 e. The lowest BCUT2D eigenvalue weighted by Crippen LogP contribution is -1.98. The smallest absolute Gasteiger partial charge is 0.131 e. The quantitative estimate of drug-likeness (QED) is 0.0988. The number of halogens is 3. The van der Waals surface area contributed by atoms with Crippen LogP contribution in [0, 0.1) is 36.2 Å². The van der Waals surface area contributed by atoms with Crippen LogP contribution in [0.2, 0.25) is 0 Å². The van der Waals surface area contributed by atoms with Gasteiger partial charge in [0.1, 0.15) is 23.2 Å². The van der Waals surface area contributed by atoms with E-state index in [2.05, 4.69) is 37.0 Å². The van der Waals surface area contributed by atoms with Crippen LogP contribution in [0.1, 0.15) is 66.5 Å². The number of hydrogen-bond acceptors (Lipinski definition) is 1. The van der Waals surface area contributed by atoms with E-state index >= 15 is 8.78 Å². The third kappa shape index (κ3) is 8.29. The maximum Gasteiger partial charge on any atom is 0.131 e. The minimum atomic E-state index is -0.457. The Kier molecular flexibility index (Phi) is 11.0. The summed E-state index contributed by atoms with van der Waals surface area (Å²) in [5.41, 5.74) is 7.29. The average Bonchev–Trinajstić information content (AvgIpc) is 3.12. The molecule has 0 heterocycles. The number of aryl methyl sites for hydroxylation is 4. The van der Waals surface area contributed by atoms with Crippen LogP contribution in [0.3, 0.4) is 0 Å². The molecule has 6 aromatic rings. The van der Waals surface area contributed by atoms with Crippen LogP contribution in [-0.4, -0.2) is 6.61 Å². The molecule has 0 N–H and O–H groups in total. The average molecular weight is 667 g/mol. The zero-order chi connectivity index (χ0) is 35.0. The van der Waals surface area contributed by atoms with Crippen molar-refractivity contribution < 1.29 is 17.9 Å². The molecule has 0 amide bonds. The molecule has 0 fully saturated rings. The highest BCUT2D eigenvalue weighted by atomic mass is 19.1. The van der Waals surface area contributed by atoms with E-state index in [0.29, 0.717) is 30.6 Å². The largest absolute Gasteiger partial charge is 0.494 e. The zero-order valence-electron chi connectivity index (χ0n) is 28.9. The van der Waals surface area contributed by atoms with Gasteiger partial charge in [-0.2, -0.15) is 0 Å². The van der Waals surface area contributed by atoms with Crippen molar-refractivity contribution in [2.75, 3.05) is 6.61 Å². The lowest BCUT2D eigenvalue weighted by atomic mass is 9.95. The molecule has 0 aromatic heterocycles. The Morgan fingerprint density at radius 3 is 1.96 bits per heavy atom. The van der Waals surface area contributed by atoms with Crippen LogP contribution in [0.15, 0.2) is 109 Å². The second kappa shape index (κ2) is 16.0. The first kappa shape index (κ1) is 34.6. The molecule has 50 heavy (non-hydrogen) atoms. The summed E-state index contributed by atoms with van der Waals surface area (Å²) in [5.74, 6) is 5.99. The molecule has 4 heteroatoms. The molecule has 6 rings (SSSR count). The molecule has 0 aliphatic heterocycles. The standard InChI is InChI=1S/C46H41F3O/c1-4-6-24-50-41-20-11-32(12-21-41)8-14-35-29-44(47)40(25-31(35)3)16-10-34-9-15-37-28-38(18-17-36(37)26-34)39-19-23-43(46(49)30-39)42-22-13-33(7-5-2)27-45(42)48/h9,11-13,15,17-23,25-30H,4-7,10,16,24H2,1-3H3. The summed E-state index contributed by atoms with van der Waals surface area (Å²) in [7, 11) is 0. The third-order valence-corrected chi connectivity index (χ3v) is 9.11. The Bertz CT molecular complexity index is 2190. The Morgan fingerprint density at radius 2 is 1.22 bits per heavy atom. The summed E-state index contributed by atoms with van der Waals surface area (Å²) in [6.45, 7) is 6.85. The van der Waals surface area contributed by atoms with Gasteiger partial charge in [-0.1, -0.05) is 99.2 Å². The monoisotopic (exact) mass is 666 g/mol. The van der Waals surface area contributed by atoms with E-state index in [1.807, 2.05) is 74.5 Å². The van der Waals surface area contributed by atoms with Gasteiger partial charge in [-0.15, -0.1) is 0 Å². The highest BCUT2D eigenvalue weighted by Gasteiger charge is 2.13. The number of ether oxygens (including phenoxy) is 1. The molecule has 0 bridgehead atoms. The van der Waals surface area contributed by atoms with E-state index in [1.165, 1.54) is 18.2 Å². The van der Waals surface area contributed by atoms with Gasteiger partial charge in [0.2, 0.25) is 0 Å². The first-order valence-corrected chi connectivity index (χ1v) is 17.5. The number of fused-ring (bicyclic) bond motifs is 1. The molecule has 252 valence electrons. The molecular formula is C46H41F3O. The Morgan fingerprint density at radius 1 is 0.560 bits per heavy atom. The number of hydrogen-bond donors (Lipinski definition) is 0. The summed E-state index contributed by atoms with van der Waals surface area (Å²) in [6.07, 6.45) is 5.08. The topological polar surface area (TPSA) is 9.23 Å². The normalized spacial score (nSPS) is 11.0. The van der Waals surface area contributed by atoms with Crippen LogP contribution < -0.4 is 4.74 Å². The minimum absolute atomic E-state index is 0.250. The first-order valence-electron chi connectivity index (χ1n) is 17.5. The molecule has 0 aliphatic carbocycles. The highest BCUT2D eigenvalue weighted by Crippen LogP contribution is 2.32. The second-order valence-electron chi connectivity index (χ2n) is 12.9. The predicted molar refractivity (Wildman–Crippen MR) is 200 cm³/mol. The van der Waals surface area contributed by atoms with Gasteiger partial charge in [0.25, 0.3) is 0 Å². The van der Waals surface area contributed by atoms with Crippen molar-refractivity contribution in [2.24, 2.45) is 0 Å². The molecule has 1 nitrogen and oxygen atoms in total. The van der Waals surface area contributed by atoms with E-state index < -0.39 is 11.6 Å². The van der Waals surface area contributed by atoms with Crippen molar-refractivity contribution in [3.8, 4) is 39.8 Å². The van der Waals surface area contributed by atoms with Crippen LogP contribution in [0.5, 0.6) is 5.75 Å². The molecule has 0 saturated heterocycles. The van der Waals surface area contributed by atoms with Crippen molar-refractivity contribution in [1.82, 2.24) is 0 Å². The SMILES string of the molecule is CCCCOc1ccc(C#Cc2cc(F)c(CCc3ccc4cc(-c5ccc(-c6ccc(CCC)cc6F)c(F)c5)ccc4c3)cc2C)cc1. The van der Waals surface area contributed by atoms with Crippen LogP contribution in [0.4, 0.5) is 13.2 Å². The number of unbranched alkanes of at least 4 members (excludes halogenated alkanes) is 1. The molecule has 0 saturated carbocycles. The van der Waals surface area contributed by atoms with Crippen molar-refractivity contribution >= 4 is 10.8 Å². The maximum atomic E-state index is 15.3. The summed E-state index contributed by atoms with van der Waals surface area (Å²) in [5, 5.41) is 2.08. The van der Waals surface area contributed by atoms with E-state index in [1.54, 1.807) is 12.1 Å². The van der Waals surface area contributed by atoms with Crippen LogP contribution in [-0.2, 0) is 19.3 Å². The molecule has 0 atom stereocenters. The predicted octanol–water partition coefficient (Wildman–Crippen LogP) is 12.2. The van der Waals surface area contributed by atoms with Crippen molar-refractivity contribution in [2.45, 2.75) is 59.3 Å². The van der Waals surface area contributed by atoms with Crippen LogP contribution in [0.25, 0.3) is 33.0 Å². The van der Waals surface area contributed by atoms with Gasteiger partial charge in [-0.25, -0.2) is 13.2 Å². The lowest BCUT2D eigenvalue weighted by Gasteiger charge is -2.11. The Balaban J connectivity index is 1.11. The third-order valence-electron chi connectivity index (χ3n) is 9.11. The highest BCUT2D eigenvalue weighted by molar-refractivity contribution is 5.88. The summed E-state index contributed by atoms with van der Waals surface area (Å²) < 4.78 is 51.0. The Hall–Kier alpha value is -5.27. The number of benzene rings is 6. The molecule has 0 unspecified atom stereocenters. The van der Waals surface area contributed by atoms with E-state index in [4.69, 9.17) is 4.74 Å². The zero-order valence-corrected chi connectivity index (χ0v) is 28.9. The molecule has 0 aliphatic rings. The van der Waals surface area contributed by atoms with E-state index in [9.17, 15) is 4.39 Å². The van der Waals surface area contributed by atoms with Gasteiger partial charge in [0, 0.05) is 22.3 Å². The summed E-state index contributed by atoms with van der Waals surface area (Å²) in [6, 6.07) is 33.4. The van der Waals surface area contributed by atoms with Crippen LogP contribution >= 0.6 is 0 Å². The van der Waals surface area contributed by atoms with Gasteiger partial charge < -0.3 is 4.74 Å². The molecule has 6 aromatic carbocycles. The second-order valence-corrected chi connectivity index (χ2v) is 12.9. The number of rotatable bonds is 11. The lowest BCUT2D eigenvalue weighted by molar-refractivity contribution is 0.309. The maximum absolute atomic E-state index is 15.3. The Labute approximate surface area is 293 Å². The fraction of sp³-hybridized carbons (Fsp3) is 0.217. The van der Waals surface area contributed by atoms with Gasteiger partial charge in [0.15, 0.2) is 0 Å². The summed E-state index contributed by atoms with van der Waals surface area (Å²) >= 11 is 0. The fourth-order valence-electron chi connectivity index (χ4n) is 6.22. The first-order chi connectivity index (χ1) is 24.3. The molecule has 0 spiro atoms. The molecular weight excluding hydrogens is 625 g/mol. The summed E-state index contributed by atoms with van der Waals surface area (Å²) in [4.78, 5) is 0. The van der Waals surface area contributed by atoms with Gasteiger partial charge in [-0.3, -0.25) is 0 Å². The fourth-order valence-corrected chi connectivity index (χ4v) is 6.22. The van der Waals surface area contributed by atoms with Gasteiger partial charge >= 0.3 is 0 Å². The van der Waals surface area contributed by atoms with Crippen molar-refractivity contribution in [3.05, 3.63) is 160 Å². The molecule has 0 radical (unpaired) electrons. The van der Waals surface area contributed by atoms with Gasteiger partial charge in [0.05, 0.1) is 6.61 Å². The van der Waals surface area contributed by atoms with Gasteiger partial charge in [-0.05, 0) is 125 Å². The van der Waals surface area contributed by atoms with E-state index in [0.717, 1.165) is 75.6 Å². The van der Waals surface area contributed by atoms with E-state index in [-0.39, 0.29) is 16.9 Å². The van der Waals surface area contributed by atoms with Crippen molar-refractivity contribution in [3.63, 3.8) is 0 Å².